The van der Waals surface area contributed by atoms with E-state index in [2.05, 4.69) is 19.7 Å². The Balaban J connectivity index is 1.74. The quantitative estimate of drug-likeness (QED) is 0.682. The predicted octanol–water partition coefficient (Wildman–Crippen LogP) is 0.680. The molecule has 0 aliphatic carbocycles. The first-order valence-electron chi connectivity index (χ1n) is 9.08. The monoisotopic (exact) mass is 424 g/mol. The summed E-state index contributed by atoms with van der Waals surface area (Å²) in [5, 5.41) is 0. The van der Waals surface area contributed by atoms with Gasteiger partial charge in [0.25, 0.3) is 0 Å². The van der Waals surface area contributed by atoms with Gasteiger partial charge in [-0.25, -0.2) is 13.1 Å². The summed E-state index contributed by atoms with van der Waals surface area (Å²) >= 11 is 0. The molecule has 0 amide bonds. The second-order valence-corrected chi connectivity index (χ2v) is 8.58. The Bertz CT molecular complexity index is 765. The van der Waals surface area contributed by atoms with Crippen LogP contribution in [0.1, 0.15) is 25.1 Å². The molecule has 0 aromatic carbocycles. The van der Waals surface area contributed by atoms with E-state index in [0.717, 1.165) is 25.9 Å². The van der Waals surface area contributed by atoms with Crippen LogP contribution < -0.4 is 14.5 Å². The van der Waals surface area contributed by atoms with Crippen LogP contribution in [-0.2, 0) is 21.3 Å². The molecule has 1 N–H and O–H groups in total. The zero-order valence-corrected chi connectivity index (χ0v) is 16.1. The van der Waals surface area contributed by atoms with Crippen LogP contribution in [0.3, 0.4) is 0 Å². The van der Waals surface area contributed by atoms with Crippen molar-refractivity contribution in [3.05, 3.63) is 5.82 Å². The van der Waals surface area contributed by atoms with Gasteiger partial charge in [-0.3, -0.25) is 0 Å². The first-order chi connectivity index (χ1) is 13.2. The van der Waals surface area contributed by atoms with Gasteiger partial charge in [0.15, 0.2) is 5.82 Å². The maximum Gasteiger partial charge on any atom is 0.390 e. The summed E-state index contributed by atoms with van der Waals surface area (Å²) in [6, 6.07) is 0. The molecule has 0 saturated carbocycles. The van der Waals surface area contributed by atoms with E-state index in [1.807, 2.05) is 9.80 Å². The topological polar surface area (TPSA) is 101 Å². The van der Waals surface area contributed by atoms with E-state index in [9.17, 15) is 21.6 Å². The zero-order valence-electron chi connectivity index (χ0n) is 15.3. The van der Waals surface area contributed by atoms with E-state index in [0.29, 0.717) is 38.2 Å². The summed E-state index contributed by atoms with van der Waals surface area (Å²) in [7, 11) is -4.10. The van der Waals surface area contributed by atoms with Crippen molar-refractivity contribution >= 4 is 21.9 Å². The van der Waals surface area contributed by atoms with Crippen LogP contribution in [0.15, 0.2) is 0 Å². The number of anilines is 2. The summed E-state index contributed by atoms with van der Waals surface area (Å²) < 4.78 is 68.1. The Morgan fingerprint density at radius 1 is 0.964 bits per heavy atom. The molecule has 3 heterocycles. The fourth-order valence-corrected chi connectivity index (χ4v) is 3.93. The highest BCUT2D eigenvalue weighted by molar-refractivity contribution is 7.89. The Hall–Kier alpha value is -1.73. The smallest absolute Gasteiger partial charge is 0.378 e. The lowest BCUT2D eigenvalue weighted by atomic mass is 10.4. The zero-order chi connectivity index (χ0) is 20.2. The molecule has 0 radical (unpaired) electrons. The minimum Gasteiger partial charge on any atom is -0.378 e. The molecule has 0 spiro atoms. The highest BCUT2D eigenvalue weighted by Crippen LogP contribution is 2.21. The van der Waals surface area contributed by atoms with Gasteiger partial charge in [-0.15, -0.1) is 0 Å². The molecule has 2 saturated heterocycles. The Morgan fingerprint density at radius 3 is 2.11 bits per heavy atom. The third kappa shape index (κ3) is 6.14. The second kappa shape index (κ2) is 8.74. The number of hydrogen-bond acceptors (Lipinski definition) is 8. The third-order valence-electron chi connectivity index (χ3n) is 4.45. The summed E-state index contributed by atoms with van der Waals surface area (Å²) in [6.07, 6.45) is -3.91. The Labute approximate surface area is 161 Å². The van der Waals surface area contributed by atoms with Crippen LogP contribution in [0.5, 0.6) is 0 Å². The minimum absolute atomic E-state index is 0.175. The van der Waals surface area contributed by atoms with Gasteiger partial charge in [0, 0.05) is 26.2 Å². The fourth-order valence-electron chi connectivity index (χ4n) is 2.93. The van der Waals surface area contributed by atoms with Crippen molar-refractivity contribution in [2.24, 2.45) is 0 Å². The number of nitrogens with zero attached hydrogens (tertiary/aromatic N) is 5. The van der Waals surface area contributed by atoms with Crippen molar-refractivity contribution in [2.45, 2.75) is 32.0 Å². The van der Waals surface area contributed by atoms with Crippen molar-refractivity contribution in [1.82, 2.24) is 19.7 Å². The van der Waals surface area contributed by atoms with Crippen LogP contribution in [0.4, 0.5) is 25.1 Å². The number of nitrogens with one attached hydrogen (secondary N) is 1. The lowest BCUT2D eigenvalue weighted by Crippen LogP contribution is -2.38. The lowest BCUT2D eigenvalue weighted by Gasteiger charge is -2.28. The van der Waals surface area contributed by atoms with E-state index in [-0.39, 0.29) is 12.4 Å². The largest absolute Gasteiger partial charge is 0.390 e. The van der Waals surface area contributed by atoms with Gasteiger partial charge in [0.05, 0.1) is 31.9 Å². The van der Waals surface area contributed by atoms with Crippen LogP contribution in [0.25, 0.3) is 0 Å². The highest BCUT2D eigenvalue weighted by Gasteiger charge is 2.30. The van der Waals surface area contributed by atoms with Gasteiger partial charge < -0.3 is 14.5 Å². The van der Waals surface area contributed by atoms with Crippen LogP contribution in [0.2, 0.25) is 0 Å². The normalized spacial score (nSPS) is 18.7. The van der Waals surface area contributed by atoms with Gasteiger partial charge in [-0.1, -0.05) is 0 Å². The molecule has 0 unspecified atom stereocenters. The molecular weight excluding hydrogens is 401 g/mol. The van der Waals surface area contributed by atoms with E-state index >= 15 is 0 Å². The van der Waals surface area contributed by atoms with Crippen molar-refractivity contribution in [3.63, 3.8) is 0 Å². The van der Waals surface area contributed by atoms with E-state index in [4.69, 9.17) is 4.74 Å². The molecule has 0 atom stereocenters. The number of hydrogen-bond donors (Lipinski definition) is 1. The molecule has 1 aromatic rings. The SMILES string of the molecule is O=S(=O)(CCC(F)(F)F)NCc1nc(N2CCCC2)nc(N2CCOCC2)n1. The molecule has 0 bridgehead atoms. The Morgan fingerprint density at radius 2 is 1.54 bits per heavy atom. The summed E-state index contributed by atoms with van der Waals surface area (Å²) in [4.78, 5) is 17.0. The van der Waals surface area contributed by atoms with Crippen molar-refractivity contribution in [3.8, 4) is 0 Å². The number of aromatic nitrogens is 3. The lowest BCUT2D eigenvalue weighted by molar-refractivity contribution is -0.129. The summed E-state index contributed by atoms with van der Waals surface area (Å²) in [5.74, 6) is 0.0220. The highest BCUT2D eigenvalue weighted by atomic mass is 32.2. The van der Waals surface area contributed by atoms with Gasteiger partial charge in [-0.05, 0) is 12.8 Å². The molecule has 13 heteroatoms. The summed E-state index contributed by atoms with van der Waals surface area (Å²) in [5.41, 5.74) is 0. The van der Waals surface area contributed by atoms with E-state index < -0.39 is 28.4 Å². The molecule has 158 valence electrons. The maximum atomic E-state index is 12.3. The average molecular weight is 424 g/mol. The van der Waals surface area contributed by atoms with Crippen molar-refractivity contribution in [2.75, 3.05) is 54.9 Å². The number of rotatable bonds is 7. The fraction of sp³-hybridized carbons (Fsp3) is 0.800. The molecule has 2 aliphatic heterocycles. The van der Waals surface area contributed by atoms with E-state index in [1.54, 1.807) is 0 Å². The first-order valence-corrected chi connectivity index (χ1v) is 10.7. The van der Waals surface area contributed by atoms with Gasteiger partial charge in [0.1, 0.15) is 0 Å². The number of halogens is 3. The molecule has 9 nitrogen and oxygen atoms in total. The molecule has 3 rings (SSSR count). The third-order valence-corrected chi connectivity index (χ3v) is 5.77. The van der Waals surface area contributed by atoms with Crippen LogP contribution in [0, 0.1) is 0 Å². The molecule has 2 aliphatic rings. The number of morpholine rings is 1. The van der Waals surface area contributed by atoms with Gasteiger partial charge >= 0.3 is 6.18 Å². The maximum absolute atomic E-state index is 12.3. The van der Waals surface area contributed by atoms with Crippen molar-refractivity contribution < 1.29 is 26.3 Å². The van der Waals surface area contributed by atoms with Crippen molar-refractivity contribution in [1.29, 1.82) is 0 Å². The van der Waals surface area contributed by atoms with Gasteiger partial charge in [-0.2, -0.15) is 28.1 Å². The number of ether oxygens (including phenoxy) is 1. The summed E-state index contributed by atoms with van der Waals surface area (Å²) in [6.45, 7) is 3.56. The molecular formula is C15H23F3N6O3S. The molecule has 28 heavy (non-hydrogen) atoms. The molecule has 2 fully saturated rings. The molecule has 1 aromatic heterocycles. The first kappa shape index (κ1) is 21.0. The van der Waals surface area contributed by atoms with Crippen LogP contribution in [-0.4, -0.2) is 74.7 Å². The predicted molar refractivity (Wildman–Crippen MR) is 95.6 cm³/mol. The standard InChI is InChI=1S/C15H23F3N6O3S/c16-15(17,18)3-10-28(25,26)19-11-12-20-13(23-4-1-2-5-23)22-14(21-12)24-6-8-27-9-7-24/h19H,1-11H2. The van der Waals surface area contributed by atoms with E-state index in [1.165, 1.54) is 0 Å². The number of alkyl halides is 3. The van der Waals surface area contributed by atoms with Crippen LogP contribution >= 0.6 is 0 Å². The second-order valence-electron chi connectivity index (χ2n) is 6.65. The number of sulfonamides is 1. The Kier molecular flexibility index (Phi) is 6.55. The minimum atomic E-state index is -4.53. The van der Waals surface area contributed by atoms with Gasteiger partial charge in [0.2, 0.25) is 21.9 Å². The average Bonchev–Trinajstić information content (AvgIpc) is 3.20.